The predicted octanol–water partition coefficient (Wildman–Crippen LogP) is -1.19. The molecular formula is C2H8LiNSn. The molecule has 0 aromatic carbocycles. The van der Waals surface area contributed by atoms with Gasteiger partial charge >= 0.3 is 23.9 Å². The van der Waals surface area contributed by atoms with Gasteiger partial charge in [-0.2, -0.15) is 0 Å². The Labute approximate surface area is 62.0 Å². The minimum absolute atomic E-state index is 0. The van der Waals surface area contributed by atoms with Gasteiger partial charge in [0, 0.05) is 18.9 Å². The molecule has 0 heterocycles. The molecule has 1 N–H and O–H groups in total. The maximum absolute atomic E-state index is 2.75. The van der Waals surface area contributed by atoms with Crippen LogP contribution < -0.4 is 5.32 Å². The van der Waals surface area contributed by atoms with Crippen molar-refractivity contribution in [3.05, 3.63) is 0 Å². The normalized spacial score (nSPS) is 3.60. The van der Waals surface area contributed by atoms with Crippen LogP contribution in [0.3, 0.4) is 0 Å². The van der Waals surface area contributed by atoms with E-state index in [4.69, 9.17) is 0 Å². The third-order valence-electron chi connectivity index (χ3n) is 0. The van der Waals surface area contributed by atoms with Crippen molar-refractivity contribution in [3.63, 3.8) is 0 Å². The van der Waals surface area contributed by atoms with Gasteiger partial charge in [0.25, 0.3) is 0 Å². The van der Waals surface area contributed by atoms with E-state index >= 15 is 0 Å². The Morgan fingerprint density at radius 2 is 1.20 bits per heavy atom. The number of hydrogen-bond donors (Lipinski definition) is 1. The van der Waals surface area contributed by atoms with Crippen molar-refractivity contribution in [2.75, 3.05) is 14.1 Å². The van der Waals surface area contributed by atoms with Gasteiger partial charge in [-0.05, 0) is 14.1 Å². The second kappa shape index (κ2) is 18.3. The van der Waals surface area contributed by atoms with Crippen molar-refractivity contribution < 1.29 is 0 Å². The van der Waals surface area contributed by atoms with Crippen molar-refractivity contribution in [3.8, 4) is 0 Å². The summed E-state index contributed by atoms with van der Waals surface area (Å²) in [5, 5.41) is 2.75. The molecule has 0 aliphatic heterocycles. The Morgan fingerprint density at radius 3 is 1.20 bits per heavy atom. The second-order valence-electron chi connectivity index (χ2n) is 0.500. The predicted molar refractivity (Wildman–Crippen MR) is 27.9 cm³/mol. The fraction of sp³-hybridized carbons (Fsp3) is 1.00. The molecule has 0 saturated carbocycles. The first-order valence-corrected chi connectivity index (χ1v) is 1.00. The third kappa shape index (κ3) is 32.8. The van der Waals surface area contributed by atoms with Crippen LogP contribution in [0.4, 0.5) is 0 Å². The van der Waals surface area contributed by atoms with Gasteiger partial charge in [-0.3, -0.25) is 0 Å². The Bertz CT molecular complexity index is 9.61. The standard InChI is InChI=1S/C2H7N.Li.Sn.H/c1-3-2;;;/h3H,1-2H3;;;. The fourth-order valence-electron chi connectivity index (χ4n) is 0. The molecule has 0 fully saturated rings. The van der Waals surface area contributed by atoms with Crippen molar-refractivity contribution in [2.45, 2.75) is 0 Å². The van der Waals surface area contributed by atoms with Crippen molar-refractivity contribution in [2.24, 2.45) is 0 Å². The summed E-state index contributed by atoms with van der Waals surface area (Å²) < 4.78 is 0. The summed E-state index contributed by atoms with van der Waals surface area (Å²) in [6.45, 7) is 0. The summed E-state index contributed by atoms with van der Waals surface area (Å²) in [6, 6.07) is 0. The summed E-state index contributed by atoms with van der Waals surface area (Å²) in [7, 11) is 3.75. The summed E-state index contributed by atoms with van der Waals surface area (Å²) in [5.41, 5.74) is 0. The average Bonchev–Trinajstić information content (AvgIpc) is 0.918. The molecule has 0 bridgehead atoms. The molecule has 1 nitrogen and oxygen atoms in total. The first-order valence-electron chi connectivity index (χ1n) is 1.00. The van der Waals surface area contributed by atoms with Crippen LogP contribution in [0.15, 0.2) is 0 Å². The molecule has 0 saturated heterocycles. The van der Waals surface area contributed by atoms with E-state index in [2.05, 4.69) is 5.32 Å². The number of nitrogens with one attached hydrogen (secondary N) is 1. The summed E-state index contributed by atoms with van der Waals surface area (Å²) in [5.74, 6) is 0. The van der Waals surface area contributed by atoms with Crippen LogP contribution in [0.5, 0.6) is 0 Å². The molecule has 0 spiro atoms. The second-order valence-corrected chi connectivity index (χ2v) is 0.500. The zero-order chi connectivity index (χ0) is 2.71. The first-order chi connectivity index (χ1) is 1.41. The number of rotatable bonds is 0. The molecule has 5 heavy (non-hydrogen) atoms. The third-order valence-corrected chi connectivity index (χ3v) is 0. The average molecular weight is 172 g/mol. The van der Waals surface area contributed by atoms with Crippen molar-refractivity contribution in [1.29, 1.82) is 0 Å². The zero-order valence-electron chi connectivity index (χ0n) is 4.08. The van der Waals surface area contributed by atoms with E-state index in [-0.39, 0.29) is 42.8 Å². The van der Waals surface area contributed by atoms with Crippen molar-refractivity contribution >= 4 is 42.8 Å². The van der Waals surface area contributed by atoms with Gasteiger partial charge in [0.05, 0.1) is 0 Å². The molecule has 0 unspecified atom stereocenters. The van der Waals surface area contributed by atoms with E-state index in [0.717, 1.165) is 0 Å². The van der Waals surface area contributed by atoms with Gasteiger partial charge in [-0.15, -0.1) is 0 Å². The van der Waals surface area contributed by atoms with Crippen LogP contribution in [0.25, 0.3) is 0 Å². The van der Waals surface area contributed by atoms with Crippen LogP contribution in [-0.4, -0.2) is 56.9 Å². The van der Waals surface area contributed by atoms with Gasteiger partial charge in [0.1, 0.15) is 0 Å². The Hall–Kier alpha value is 1.36. The molecule has 3 heteroatoms. The van der Waals surface area contributed by atoms with Crippen LogP contribution in [-0.2, 0) is 0 Å². The van der Waals surface area contributed by atoms with Gasteiger partial charge in [0.2, 0.25) is 0 Å². The molecule has 0 amide bonds. The zero-order valence-corrected chi connectivity index (χ0v) is 7.37. The number of hydrogen-bond acceptors (Lipinski definition) is 1. The van der Waals surface area contributed by atoms with E-state index in [1.807, 2.05) is 14.1 Å². The topological polar surface area (TPSA) is 12.0 Å². The van der Waals surface area contributed by atoms with Gasteiger partial charge in [-0.1, -0.05) is 0 Å². The fourth-order valence-corrected chi connectivity index (χ4v) is 0. The quantitative estimate of drug-likeness (QED) is 0.452. The first kappa shape index (κ1) is 16.2. The van der Waals surface area contributed by atoms with Gasteiger partial charge < -0.3 is 5.32 Å². The van der Waals surface area contributed by atoms with Crippen LogP contribution in [0.1, 0.15) is 0 Å². The van der Waals surface area contributed by atoms with E-state index in [1.165, 1.54) is 0 Å². The molecule has 4 radical (unpaired) electrons. The van der Waals surface area contributed by atoms with Gasteiger partial charge in [0.15, 0.2) is 0 Å². The minimum atomic E-state index is 0. The van der Waals surface area contributed by atoms with E-state index in [0.29, 0.717) is 0 Å². The van der Waals surface area contributed by atoms with E-state index in [1.54, 1.807) is 0 Å². The monoisotopic (exact) mass is 173 g/mol. The molecular weight excluding hydrogens is 164 g/mol. The molecule has 0 aromatic heterocycles. The molecule has 0 atom stereocenters. The summed E-state index contributed by atoms with van der Waals surface area (Å²) in [4.78, 5) is 0. The molecule has 26 valence electrons. The molecule has 0 aliphatic carbocycles. The summed E-state index contributed by atoms with van der Waals surface area (Å²) in [6.07, 6.45) is 0. The van der Waals surface area contributed by atoms with Crippen LogP contribution in [0, 0.1) is 0 Å². The SMILES string of the molecule is CNC.[Li].[SnH]. The van der Waals surface area contributed by atoms with Crippen LogP contribution >= 0.6 is 0 Å². The van der Waals surface area contributed by atoms with Gasteiger partial charge in [-0.25, -0.2) is 0 Å². The molecule has 0 aromatic rings. The Morgan fingerprint density at radius 1 is 1.20 bits per heavy atom. The summed E-state index contributed by atoms with van der Waals surface area (Å²) >= 11 is 0. The molecule has 0 rings (SSSR count). The van der Waals surface area contributed by atoms with E-state index < -0.39 is 0 Å². The van der Waals surface area contributed by atoms with Crippen molar-refractivity contribution in [1.82, 2.24) is 5.32 Å². The maximum atomic E-state index is 2.75. The Kier molecular flexibility index (Phi) is 59.3. The van der Waals surface area contributed by atoms with E-state index in [9.17, 15) is 0 Å². The molecule has 0 aliphatic rings. The Balaban J connectivity index is -0.0000000200. The van der Waals surface area contributed by atoms with Crippen LogP contribution in [0.2, 0.25) is 0 Å².